The van der Waals surface area contributed by atoms with Crippen molar-refractivity contribution in [1.29, 1.82) is 0 Å². The van der Waals surface area contributed by atoms with Gasteiger partial charge >= 0.3 is 6.18 Å². The van der Waals surface area contributed by atoms with Gasteiger partial charge in [0.15, 0.2) is 11.5 Å². The maximum atomic E-state index is 14.6. The molecule has 0 radical (unpaired) electrons. The largest absolute Gasteiger partial charge is 0.493 e. The van der Waals surface area contributed by atoms with Crippen molar-refractivity contribution in [3.8, 4) is 11.5 Å². The Bertz CT molecular complexity index is 1270. The fraction of sp³-hybridized carbons (Fsp3) is 0.440. The lowest BCUT2D eigenvalue weighted by molar-refractivity contribution is -0.140. The number of ether oxygens (including phenoxy) is 3. The summed E-state index contributed by atoms with van der Waals surface area (Å²) in [6.07, 6.45) is -4.00. The number of rotatable bonds is 7. The molecule has 0 aliphatic carbocycles. The number of methoxy groups -OCH3 is 1. The number of anilines is 2. The third-order valence-corrected chi connectivity index (χ3v) is 6.30. The molecular weight excluding hydrogens is 480 g/mol. The highest BCUT2D eigenvalue weighted by Crippen LogP contribution is 2.39. The fourth-order valence-electron chi connectivity index (χ4n) is 4.30. The minimum atomic E-state index is -4.87. The van der Waals surface area contributed by atoms with E-state index in [0.29, 0.717) is 53.3 Å². The average Bonchev–Trinajstić information content (AvgIpc) is 3.34. The van der Waals surface area contributed by atoms with Crippen molar-refractivity contribution in [2.45, 2.75) is 45.5 Å². The van der Waals surface area contributed by atoms with Gasteiger partial charge in [-0.25, -0.2) is 14.4 Å². The van der Waals surface area contributed by atoms with Crippen LogP contribution < -0.4 is 20.5 Å². The lowest BCUT2D eigenvalue weighted by atomic mass is 9.90. The Morgan fingerprint density at radius 2 is 1.89 bits per heavy atom. The number of fused-ring (bicyclic) bond motifs is 1. The summed E-state index contributed by atoms with van der Waals surface area (Å²) in [6, 6.07) is 5.16. The summed E-state index contributed by atoms with van der Waals surface area (Å²) in [5, 5.41) is 3.48. The van der Waals surface area contributed by atoms with E-state index in [2.05, 4.69) is 15.3 Å². The van der Waals surface area contributed by atoms with E-state index in [9.17, 15) is 17.6 Å². The zero-order chi connectivity index (χ0) is 26.3. The predicted octanol–water partition coefficient (Wildman–Crippen LogP) is 5.49. The smallest absolute Gasteiger partial charge is 0.419 e. The standard InChI is InChI=1S/C25H28F4N4O3/c1-13-32-19-10-20(34-4)21(36-24(2,3)15-5-6-35-12-15)9-17(19)23(33-13)31-11-14-7-16(30)8-18(22(14)26)25(27,28)29/h7-10,15H,5-6,11-12,30H2,1-4H3,(H,31,32,33). The Morgan fingerprint density at radius 3 is 2.53 bits per heavy atom. The van der Waals surface area contributed by atoms with Crippen LogP contribution in [0.2, 0.25) is 0 Å². The van der Waals surface area contributed by atoms with Crippen LogP contribution in [0.1, 0.15) is 37.2 Å². The van der Waals surface area contributed by atoms with Crippen LogP contribution in [0.3, 0.4) is 0 Å². The number of hydrogen-bond acceptors (Lipinski definition) is 7. The van der Waals surface area contributed by atoms with Crippen LogP contribution in [-0.2, 0) is 17.5 Å². The number of nitrogen functional groups attached to an aromatic ring is 1. The summed E-state index contributed by atoms with van der Waals surface area (Å²) in [7, 11) is 1.52. The molecule has 2 aromatic carbocycles. The van der Waals surface area contributed by atoms with Gasteiger partial charge in [0.1, 0.15) is 23.1 Å². The lowest BCUT2D eigenvalue weighted by Crippen LogP contribution is -2.38. The number of aromatic nitrogens is 2. The highest BCUT2D eigenvalue weighted by molar-refractivity contribution is 5.91. The monoisotopic (exact) mass is 508 g/mol. The number of benzene rings is 2. The minimum Gasteiger partial charge on any atom is -0.493 e. The van der Waals surface area contributed by atoms with Gasteiger partial charge in [-0.2, -0.15) is 13.2 Å². The molecule has 1 aliphatic rings. The van der Waals surface area contributed by atoms with E-state index >= 15 is 0 Å². The summed E-state index contributed by atoms with van der Waals surface area (Å²) in [5.41, 5.74) is 3.74. The van der Waals surface area contributed by atoms with Crippen LogP contribution in [0.5, 0.6) is 11.5 Å². The zero-order valence-corrected chi connectivity index (χ0v) is 20.4. The molecule has 1 saturated heterocycles. The van der Waals surface area contributed by atoms with Crippen molar-refractivity contribution in [2.24, 2.45) is 5.92 Å². The minimum absolute atomic E-state index is 0.180. The van der Waals surface area contributed by atoms with Crippen molar-refractivity contribution in [3.63, 3.8) is 0 Å². The van der Waals surface area contributed by atoms with Crippen LogP contribution in [0.4, 0.5) is 29.1 Å². The maximum absolute atomic E-state index is 14.6. The Balaban J connectivity index is 1.71. The molecule has 0 spiro atoms. The van der Waals surface area contributed by atoms with E-state index in [1.165, 1.54) is 7.11 Å². The number of aryl methyl sites for hydroxylation is 1. The van der Waals surface area contributed by atoms with Crippen LogP contribution in [0, 0.1) is 18.7 Å². The van der Waals surface area contributed by atoms with Gasteiger partial charge in [-0.05, 0) is 45.4 Å². The SMILES string of the molecule is COc1cc2nc(C)nc(NCc3cc(N)cc(C(F)(F)F)c3F)c2cc1OC(C)(C)C1CCOC1. The molecule has 194 valence electrons. The molecular formula is C25H28F4N4O3. The normalized spacial score (nSPS) is 16.4. The fourth-order valence-corrected chi connectivity index (χ4v) is 4.30. The summed E-state index contributed by atoms with van der Waals surface area (Å²) in [5.74, 6) is 0.433. The maximum Gasteiger partial charge on any atom is 0.419 e. The van der Waals surface area contributed by atoms with E-state index in [-0.39, 0.29) is 23.7 Å². The van der Waals surface area contributed by atoms with Crippen LogP contribution in [-0.4, -0.2) is 35.9 Å². The second-order valence-corrected chi connectivity index (χ2v) is 9.30. The molecule has 0 amide bonds. The first kappa shape index (κ1) is 25.7. The zero-order valence-electron chi connectivity index (χ0n) is 20.4. The van der Waals surface area contributed by atoms with Crippen molar-refractivity contribution >= 4 is 22.4 Å². The summed E-state index contributed by atoms with van der Waals surface area (Å²) < 4.78 is 71.7. The van der Waals surface area contributed by atoms with Crippen LogP contribution in [0.25, 0.3) is 10.9 Å². The Labute approximate surface area is 206 Å². The second-order valence-electron chi connectivity index (χ2n) is 9.30. The second kappa shape index (κ2) is 9.61. The molecule has 3 aromatic rings. The number of hydrogen-bond donors (Lipinski definition) is 2. The van der Waals surface area contributed by atoms with Crippen molar-refractivity contribution in [2.75, 3.05) is 31.4 Å². The molecule has 1 atom stereocenters. The van der Waals surface area contributed by atoms with Gasteiger partial charge in [0.25, 0.3) is 0 Å². The third kappa shape index (κ3) is 5.25. The molecule has 0 saturated carbocycles. The van der Waals surface area contributed by atoms with Gasteiger partial charge in [-0.1, -0.05) is 0 Å². The molecule has 1 aliphatic heterocycles. The van der Waals surface area contributed by atoms with E-state index in [0.717, 1.165) is 12.5 Å². The summed E-state index contributed by atoms with van der Waals surface area (Å²) in [4.78, 5) is 8.84. The Morgan fingerprint density at radius 1 is 1.14 bits per heavy atom. The first-order valence-electron chi connectivity index (χ1n) is 11.4. The molecule has 1 unspecified atom stereocenters. The van der Waals surface area contributed by atoms with Crippen LogP contribution in [0.15, 0.2) is 24.3 Å². The molecule has 2 heterocycles. The molecule has 7 nitrogen and oxygen atoms in total. The molecule has 1 fully saturated rings. The number of nitrogens with two attached hydrogens (primary N) is 1. The summed E-state index contributed by atoms with van der Waals surface area (Å²) in [6.45, 7) is 6.60. The number of alkyl halides is 3. The average molecular weight is 509 g/mol. The van der Waals surface area contributed by atoms with Gasteiger partial charge < -0.3 is 25.3 Å². The van der Waals surface area contributed by atoms with E-state index in [1.54, 1.807) is 19.1 Å². The third-order valence-electron chi connectivity index (χ3n) is 6.30. The van der Waals surface area contributed by atoms with E-state index < -0.39 is 23.2 Å². The van der Waals surface area contributed by atoms with Crippen LogP contribution >= 0.6 is 0 Å². The van der Waals surface area contributed by atoms with Gasteiger partial charge in [0.05, 0.1) is 24.8 Å². The van der Waals surface area contributed by atoms with E-state index in [1.807, 2.05) is 13.8 Å². The van der Waals surface area contributed by atoms with Crippen molar-refractivity contribution in [3.05, 3.63) is 47.0 Å². The Kier molecular flexibility index (Phi) is 6.87. The molecule has 0 bridgehead atoms. The highest BCUT2D eigenvalue weighted by atomic mass is 19.4. The topological polar surface area (TPSA) is 91.5 Å². The van der Waals surface area contributed by atoms with Crippen molar-refractivity contribution in [1.82, 2.24) is 9.97 Å². The lowest BCUT2D eigenvalue weighted by Gasteiger charge is -2.32. The number of nitrogens with zero attached hydrogens (tertiary/aromatic N) is 2. The highest BCUT2D eigenvalue weighted by Gasteiger charge is 2.36. The first-order valence-corrected chi connectivity index (χ1v) is 11.4. The first-order chi connectivity index (χ1) is 16.9. The Hall–Kier alpha value is -3.34. The van der Waals surface area contributed by atoms with E-state index in [4.69, 9.17) is 19.9 Å². The van der Waals surface area contributed by atoms with Gasteiger partial charge in [0, 0.05) is 41.8 Å². The molecule has 1 aromatic heterocycles. The number of nitrogens with one attached hydrogen (secondary N) is 1. The van der Waals surface area contributed by atoms with Gasteiger partial charge in [0.2, 0.25) is 0 Å². The quantitative estimate of drug-likeness (QED) is 0.322. The molecule has 11 heteroatoms. The van der Waals surface area contributed by atoms with Gasteiger partial charge in [-0.3, -0.25) is 0 Å². The van der Waals surface area contributed by atoms with Gasteiger partial charge in [-0.15, -0.1) is 0 Å². The number of halogens is 4. The molecule has 36 heavy (non-hydrogen) atoms. The van der Waals surface area contributed by atoms with Crippen molar-refractivity contribution < 1.29 is 31.8 Å². The predicted molar refractivity (Wildman–Crippen MR) is 128 cm³/mol. The molecule has 4 rings (SSSR count). The molecule has 3 N–H and O–H groups in total. The summed E-state index contributed by atoms with van der Waals surface area (Å²) >= 11 is 0.